The second kappa shape index (κ2) is 7.68. The highest BCUT2D eigenvalue weighted by molar-refractivity contribution is 6.35. The molecule has 0 radical (unpaired) electrons. The molecule has 6 heteroatoms. The molecule has 0 saturated carbocycles. The van der Waals surface area contributed by atoms with E-state index in [4.69, 9.17) is 0 Å². The third-order valence-corrected chi connectivity index (χ3v) is 2.94. The van der Waals surface area contributed by atoms with E-state index in [1.807, 2.05) is 30.3 Å². The molecule has 112 valence electrons. The van der Waals surface area contributed by atoms with E-state index in [2.05, 4.69) is 20.8 Å². The molecule has 1 aromatic heterocycles. The molecule has 2 amide bonds. The predicted octanol–water partition coefficient (Wildman–Crippen LogP) is 1.41. The van der Waals surface area contributed by atoms with Crippen LogP contribution in [0.5, 0.6) is 0 Å². The van der Waals surface area contributed by atoms with Crippen LogP contribution < -0.4 is 10.7 Å². The summed E-state index contributed by atoms with van der Waals surface area (Å²) in [7, 11) is 0. The van der Waals surface area contributed by atoms with Crippen LogP contribution in [0.2, 0.25) is 0 Å². The molecule has 1 heterocycles. The summed E-state index contributed by atoms with van der Waals surface area (Å²) >= 11 is 0. The van der Waals surface area contributed by atoms with Gasteiger partial charge in [0.1, 0.15) is 0 Å². The van der Waals surface area contributed by atoms with Crippen molar-refractivity contribution in [2.45, 2.75) is 13.0 Å². The standard InChI is InChI=1S/C16H16N4O2/c1-12(14-5-3-2-4-6-14)19-15(21)16(22)20-18-11-13-7-9-17-10-8-13/h2-12H,1H3,(H,19,21)(H,20,22)/b18-11-/t12-/m0/s1. The van der Waals surface area contributed by atoms with Gasteiger partial charge in [0.2, 0.25) is 0 Å². The first-order chi connectivity index (χ1) is 10.7. The summed E-state index contributed by atoms with van der Waals surface area (Å²) in [5, 5.41) is 6.34. The number of carbonyl (C=O) groups is 2. The maximum absolute atomic E-state index is 11.8. The Morgan fingerprint density at radius 2 is 1.77 bits per heavy atom. The number of amides is 2. The normalized spacial score (nSPS) is 11.9. The number of nitrogens with one attached hydrogen (secondary N) is 2. The van der Waals surface area contributed by atoms with E-state index in [1.165, 1.54) is 6.21 Å². The van der Waals surface area contributed by atoms with Crippen LogP contribution in [0.25, 0.3) is 0 Å². The molecule has 0 fully saturated rings. The van der Waals surface area contributed by atoms with Crippen LogP contribution in [-0.2, 0) is 9.59 Å². The molecule has 0 spiro atoms. The van der Waals surface area contributed by atoms with Crippen LogP contribution in [0.15, 0.2) is 60.0 Å². The Kier molecular flexibility index (Phi) is 5.37. The highest BCUT2D eigenvalue weighted by Gasteiger charge is 2.16. The van der Waals surface area contributed by atoms with Crippen molar-refractivity contribution in [2.75, 3.05) is 0 Å². The molecule has 1 atom stereocenters. The smallest absolute Gasteiger partial charge is 0.329 e. The van der Waals surface area contributed by atoms with Gasteiger partial charge >= 0.3 is 11.8 Å². The third kappa shape index (κ3) is 4.52. The molecular formula is C16H16N4O2. The Bertz CT molecular complexity index is 656. The summed E-state index contributed by atoms with van der Waals surface area (Å²) in [6, 6.07) is 12.6. The Hall–Kier alpha value is -3.02. The summed E-state index contributed by atoms with van der Waals surface area (Å²) in [5.74, 6) is -1.55. The summed E-state index contributed by atoms with van der Waals surface area (Å²) in [6.45, 7) is 1.81. The van der Waals surface area contributed by atoms with Gasteiger partial charge in [-0.25, -0.2) is 5.43 Å². The van der Waals surface area contributed by atoms with E-state index >= 15 is 0 Å². The number of benzene rings is 1. The molecule has 0 aliphatic carbocycles. The van der Waals surface area contributed by atoms with Gasteiger partial charge < -0.3 is 5.32 Å². The van der Waals surface area contributed by atoms with Crippen molar-refractivity contribution < 1.29 is 9.59 Å². The van der Waals surface area contributed by atoms with Crippen LogP contribution >= 0.6 is 0 Å². The zero-order valence-electron chi connectivity index (χ0n) is 12.1. The predicted molar refractivity (Wildman–Crippen MR) is 83.0 cm³/mol. The van der Waals surface area contributed by atoms with Crippen LogP contribution in [0, 0.1) is 0 Å². The first-order valence-electron chi connectivity index (χ1n) is 6.75. The minimum Gasteiger partial charge on any atom is -0.341 e. The molecule has 0 aliphatic heterocycles. The Morgan fingerprint density at radius 3 is 2.45 bits per heavy atom. The van der Waals surface area contributed by atoms with E-state index in [-0.39, 0.29) is 6.04 Å². The lowest BCUT2D eigenvalue weighted by Gasteiger charge is -2.13. The number of nitrogens with zero attached hydrogens (tertiary/aromatic N) is 2. The fraction of sp³-hybridized carbons (Fsp3) is 0.125. The summed E-state index contributed by atoms with van der Waals surface area (Å²) in [6.07, 6.45) is 4.66. The number of rotatable bonds is 4. The van der Waals surface area contributed by atoms with E-state index in [0.29, 0.717) is 0 Å². The molecule has 6 nitrogen and oxygen atoms in total. The van der Waals surface area contributed by atoms with Gasteiger partial charge in [-0.2, -0.15) is 5.10 Å². The zero-order chi connectivity index (χ0) is 15.8. The average Bonchev–Trinajstić information content (AvgIpc) is 2.56. The molecule has 0 aliphatic rings. The summed E-state index contributed by atoms with van der Waals surface area (Å²) < 4.78 is 0. The fourth-order valence-electron chi connectivity index (χ4n) is 1.75. The van der Waals surface area contributed by atoms with Crippen LogP contribution in [-0.4, -0.2) is 23.0 Å². The van der Waals surface area contributed by atoms with Gasteiger partial charge in [0, 0.05) is 12.4 Å². The molecular weight excluding hydrogens is 280 g/mol. The zero-order valence-corrected chi connectivity index (χ0v) is 12.1. The lowest BCUT2D eigenvalue weighted by atomic mass is 10.1. The van der Waals surface area contributed by atoms with Crippen LogP contribution in [0.3, 0.4) is 0 Å². The Morgan fingerprint density at radius 1 is 1.09 bits per heavy atom. The lowest BCUT2D eigenvalue weighted by Crippen LogP contribution is -2.39. The van der Waals surface area contributed by atoms with Crippen molar-refractivity contribution in [1.82, 2.24) is 15.7 Å². The number of hydrogen-bond donors (Lipinski definition) is 2. The fourth-order valence-corrected chi connectivity index (χ4v) is 1.75. The summed E-state index contributed by atoms with van der Waals surface area (Å²) in [5.41, 5.74) is 3.88. The number of hydrogen-bond acceptors (Lipinski definition) is 4. The average molecular weight is 296 g/mol. The van der Waals surface area contributed by atoms with Gasteiger partial charge in [-0.05, 0) is 30.2 Å². The Balaban J connectivity index is 1.85. The molecule has 22 heavy (non-hydrogen) atoms. The highest BCUT2D eigenvalue weighted by atomic mass is 16.2. The number of aromatic nitrogens is 1. The number of carbonyl (C=O) groups excluding carboxylic acids is 2. The minimum atomic E-state index is -0.812. The van der Waals surface area contributed by atoms with Gasteiger partial charge in [0.15, 0.2) is 0 Å². The largest absolute Gasteiger partial charge is 0.341 e. The van der Waals surface area contributed by atoms with Gasteiger partial charge in [-0.3, -0.25) is 14.6 Å². The Labute approximate surface area is 128 Å². The second-order valence-corrected chi connectivity index (χ2v) is 4.59. The maximum atomic E-state index is 11.8. The highest BCUT2D eigenvalue weighted by Crippen LogP contribution is 2.10. The SMILES string of the molecule is C[C@H](NC(=O)C(=O)N/N=C\c1ccncc1)c1ccccc1. The monoisotopic (exact) mass is 296 g/mol. The van der Waals surface area contributed by atoms with E-state index in [0.717, 1.165) is 11.1 Å². The van der Waals surface area contributed by atoms with Crippen molar-refractivity contribution in [3.8, 4) is 0 Å². The van der Waals surface area contributed by atoms with E-state index in [1.54, 1.807) is 31.5 Å². The quantitative estimate of drug-likeness (QED) is 0.508. The summed E-state index contributed by atoms with van der Waals surface area (Å²) in [4.78, 5) is 27.3. The third-order valence-electron chi connectivity index (χ3n) is 2.94. The molecule has 0 saturated heterocycles. The van der Waals surface area contributed by atoms with Gasteiger partial charge in [0.25, 0.3) is 0 Å². The first kappa shape index (κ1) is 15.4. The molecule has 2 N–H and O–H groups in total. The lowest BCUT2D eigenvalue weighted by molar-refractivity contribution is -0.139. The van der Waals surface area contributed by atoms with Crippen molar-refractivity contribution >= 4 is 18.0 Å². The van der Waals surface area contributed by atoms with Gasteiger partial charge in [0.05, 0.1) is 12.3 Å². The topological polar surface area (TPSA) is 83.5 Å². The second-order valence-electron chi connectivity index (χ2n) is 4.59. The van der Waals surface area contributed by atoms with E-state index < -0.39 is 11.8 Å². The van der Waals surface area contributed by atoms with Crippen molar-refractivity contribution in [3.63, 3.8) is 0 Å². The molecule has 2 aromatic rings. The van der Waals surface area contributed by atoms with Crippen molar-refractivity contribution in [1.29, 1.82) is 0 Å². The number of pyridine rings is 1. The van der Waals surface area contributed by atoms with Gasteiger partial charge in [-0.15, -0.1) is 0 Å². The molecule has 1 aromatic carbocycles. The number of hydrazone groups is 1. The van der Waals surface area contributed by atoms with Crippen LogP contribution in [0.4, 0.5) is 0 Å². The molecule has 0 unspecified atom stereocenters. The van der Waals surface area contributed by atoms with Crippen molar-refractivity contribution in [2.24, 2.45) is 5.10 Å². The molecule has 2 rings (SSSR count). The van der Waals surface area contributed by atoms with Crippen molar-refractivity contribution in [3.05, 3.63) is 66.0 Å². The van der Waals surface area contributed by atoms with Crippen LogP contribution in [0.1, 0.15) is 24.1 Å². The minimum absolute atomic E-state index is 0.261. The molecule has 0 bridgehead atoms. The maximum Gasteiger partial charge on any atom is 0.329 e. The van der Waals surface area contributed by atoms with Gasteiger partial charge in [-0.1, -0.05) is 30.3 Å². The van der Waals surface area contributed by atoms with E-state index in [9.17, 15) is 9.59 Å². The first-order valence-corrected chi connectivity index (χ1v) is 6.75.